The number of rotatable bonds is 3. The van der Waals surface area contributed by atoms with Gasteiger partial charge in [0, 0.05) is 0 Å². The molecule has 3 nitrogen and oxygen atoms in total. The predicted molar refractivity (Wildman–Crippen MR) is 68.8 cm³/mol. The first-order valence-corrected chi connectivity index (χ1v) is 5.97. The van der Waals surface area contributed by atoms with Gasteiger partial charge >= 0.3 is 0 Å². The Morgan fingerprint density at radius 3 is 2.76 bits per heavy atom. The van der Waals surface area contributed by atoms with Crippen molar-refractivity contribution in [2.45, 2.75) is 26.8 Å². The van der Waals surface area contributed by atoms with Crippen LogP contribution in [0.2, 0.25) is 0 Å². The van der Waals surface area contributed by atoms with Gasteiger partial charge in [0.15, 0.2) is 0 Å². The summed E-state index contributed by atoms with van der Waals surface area (Å²) in [6.45, 7) is 7.05. The van der Waals surface area contributed by atoms with Crippen LogP contribution in [0.25, 0.3) is 0 Å². The number of methoxy groups -OCH3 is 1. The molecular weight excluding hydrogens is 214 g/mol. The molecule has 0 N–H and O–H groups in total. The first-order valence-electron chi connectivity index (χ1n) is 5.97. The number of benzene rings is 1. The Morgan fingerprint density at radius 1 is 1.41 bits per heavy atom. The fourth-order valence-corrected chi connectivity index (χ4v) is 1.87. The predicted octanol–water partition coefficient (Wildman–Crippen LogP) is 2.81. The van der Waals surface area contributed by atoms with Crippen LogP contribution in [-0.4, -0.2) is 25.7 Å². The number of hydrogen-bond donors (Lipinski definition) is 0. The van der Waals surface area contributed by atoms with Gasteiger partial charge in [0.05, 0.1) is 18.7 Å². The van der Waals surface area contributed by atoms with Crippen LogP contribution in [-0.2, 0) is 4.74 Å². The van der Waals surface area contributed by atoms with Crippen molar-refractivity contribution in [3.8, 4) is 5.75 Å². The van der Waals surface area contributed by atoms with E-state index in [4.69, 9.17) is 9.47 Å². The van der Waals surface area contributed by atoms with Crippen molar-refractivity contribution in [2.24, 2.45) is 10.9 Å². The molecule has 2 rings (SSSR count). The van der Waals surface area contributed by atoms with E-state index >= 15 is 0 Å². The van der Waals surface area contributed by atoms with Crippen LogP contribution in [0.3, 0.4) is 0 Å². The molecule has 1 aliphatic heterocycles. The van der Waals surface area contributed by atoms with Crippen molar-refractivity contribution in [3.05, 3.63) is 29.3 Å². The largest absolute Gasteiger partial charge is 0.496 e. The van der Waals surface area contributed by atoms with Crippen molar-refractivity contribution in [3.63, 3.8) is 0 Å². The summed E-state index contributed by atoms with van der Waals surface area (Å²) < 4.78 is 11.0. The van der Waals surface area contributed by atoms with Crippen LogP contribution in [0, 0.1) is 12.8 Å². The van der Waals surface area contributed by atoms with Gasteiger partial charge in [-0.3, -0.25) is 0 Å². The van der Waals surface area contributed by atoms with E-state index in [0.717, 1.165) is 11.3 Å². The first kappa shape index (κ1) is 12.0. The third-order valence-electron chi connectivity index (χ3n) is 3.03. The second kappa shape index (κ2) is 4.78. The highest BCUT2D eigenvalue weighted by atomic mass is 16.5. The zero-order valence-corrected chi connectivity index (χ0v) is 10.9. The molecule has 0 bridgehead atoms. The third kappa shape index (κ3) is 2.43. The molecule has 1 aliphatic rings. The molecule has 92 valence electrons. The summed E-state index contributed by atoms with van der Waals surface area (Å²) >= 11 is 0. The van der Waals surface area contributed by atoms with Crippen LogP contribution in [0.4, 0.5) is 0 Å². The average Bonchev–Trinajstić information content (AvgIpc) is 2.78. The van der Waals surface area contributed by atoms with Gasteiger partial charge in [0.2, 0.25) is 5.90 Å². The molecule has 3 heteroatoms. The molecule has 1 atom stereocenters. The van der Waals surface area contributed by atoms with Crippen molar-refractivity contribution in [1.82, 2.24) is 0 Å². The summed E-state index contributed by atoms with van der Waals surface area (Å²) in [5.74, 6) is 2.03. The monoisotopic (exact) mass is 233 g/mol. The minimum Gasteiger partial charge on any atom is -0.496 e. The van der Waals surface area contributed by atoms with Crippen LogP contribution in [0.15, 0.2) is 23.2 Å². The molecule has 1 heterocycles. The molecule has 1 aromatic carbocycles. The summed E-state index contributed by atoms with van der Waals surface area (Å²) in [6, 6.07) is 6.30. The Balaban J connectivity index is 2.34. The van der Waals surface area contributed by atoms with Gasteiger partial charge in [-0.05, 0) is 25.0 Å². The summed E-state index contributed by atoms with van der Waals surface area (Å²) in [5, 5.41) is 0. The lowest BCUT2D eigenvalue weighted by Crippen LogP contribution is -2.13. The second-order valence-corrected chi connectivity index (χ2v) is 4.76. The lowest BCUT2D eigenvalue weighted by molar-refractivity contribution is 0.291. The molecule has 0 unspecified atom stereocenters. The number of aliphatic imine (C=N–C) groups is 1. The van der Waals surface area contributed by atoms with Gasteiger partial charge in [0.25, 0.3) is 0 Å². The van der Waals surface area contributed by atoms with Gasteiger partial charge in [-0.25, -0.2) is 4.99 Å². The summed E-state index contributed by atoms with van der Waals surface area (Å²) in [7, 11) is 1.67. The van der Waals surface area contributed by atoms with E-state index in [1.165, 1.54) is 5.56 Å². The van der Waals surface area contributed by atoms with Crippen molar-refractivity contribution >= 4 is 5.90 Å². The highest BCUT2D eigenvalue weighted by Gasteiger charge is 2.24. The van der Waals surface area contributed by atoms with Crippen LogP contribution in [0.5, 0.6) is 5.75 Å². The number of nitrogens with zero attached hydrogens (tertiary/aromatic N) is 1. The molecule has 0 amide bonds. The van der Waals surface area contributed by atoms with E-state index in [1.807, 2.05) is 12.1 Å². The van der Waals surface area contributed by atoms with Crippen LogP contribution in [0.1, 0.15) is 25.0 Å². The van der Waals surface area contributed by atoms with Gasteiger partial charge in [-0.1, -0.05) is 25.5 Å². The van der Waals surface area contributed by atoms with Crippen LogP contribution < -0.4 is 4.74 Å². The number of hydrogen-bond acceptors (Lipinski definition) is 3. The van der Waals surface area contributed by atoms with E-state index in [0.29, 0.717) is 18.4 Å². The molecule has 1 aromatic rings. The lowest BCUT2D eigenvalue weighted by atomic mass is 10.1. The Morgan fingerprint density at radius 2 is 2.18 bits per heavy atom. The maximum absolute atomic E-state index is 5.68. The highest BCUT2D eigenvalue weighted by molar-refractivity contribution is 5.98. The molecular formula is C14H19NO2. The lowest BCUT2D eigenvalue weighted by Gasteiger charge is -2.08. The minimum atomic E-state index is 0.259. The zero-order valence-electron chi connectivity index (χ0n) is 10.9. The van der Waals surface area contributed by atoms with E-state index in [9.17, 15) is 0 Å². The van der Waals surface area contributed by atoms with Crippen molar-refractivity contribution < 1.29 is 9.47 Å². The normalized spacial score (nSPS) is 19.1. The topological polar surface area (TPSA) is 30.8 Å². The molecule has 0 saturated carbocycles. The van der Waals surface area contributed by atoms with Crippen molar-refractivity contribution in [2.75, 3.05) is 13.7 Å². The maximum atomic E-state index is 5.68. The maximum Gasteiger partial charge on any atom is 0.220 e. The Hall–Kier alpha value is -1.51. The SMILES string of the molecule is COc1ccc(C)cc1C1=N[C@@H](C(C)C)CO1. The van der Waals surface area contributed by atoms with E-state index in [2.05, 4.69) is 31.8 Å². The number of ether oxygens (including phenoxy) is 2. The smallest absolute Gasteiger partial charge is 0.220 e. The van der Waals surface area contributed by atoms with E-state index < -0.39 is 0 Å². The zero-order chi connectivity index (χ0) is 12.4. The highest BCUT2D eigenvalue weighted by Crippen LogP contribution is 2.25. The van der Waals surface area contributed by atoms with Gasteiger partial charge in [-0.2, -0.15) is 0 Å². The summed E-state index contributed by atoms with van der Waals surface area (Å²) in [4.78, 5) is 4.62. The molecule has 0 aliphatic carbocycles. The summed E-state index contributed by atoms with van der Waals surface area (Å²) in [5.41, 5.74) is 2.13. The van der Waals surface area contributed by atoms with Crippen molar-refractivity contribution in [1.29, 1.82) is 0 Å². The average molecular weight is 233 g/mol. The van der Waals surface area contributed by atoms with E-state index in [1.54, 1.807) is 7.11 Å². The molecule has 17 heavy (non-hydrogen) atoms. The molecule has 0 aromatic heterocycles. The quantitative estimate of drug-likeness (QED) is 0.803. The molecule has 0 radical (unpaired) electrons. The third-order valence-corrected chi connectivity index (χ3v) is 3.03. The van der Waals surface area contributed by atoms with Gasteiger partial charge in [-0.15, -0.1) is 0 Å². The Labute approximate surface area is 102 Å². The second-order valence-electron chi connectivity index (χ2n) is 4.76. The van der Waals surface area contributed by atoms with Crippen LogP contribution >= 0.6 is 0 Å². The fraction of sp³-hybridized carbons (Fsp3) is 0.500. The minimum absolute atomic E-state index is 0.259. The Bertz CT molecular complexity index is 438. The van der Waals surface area contributed by atoms with E-state index in [-0.39, 0.29) is 6.04 Å². The molecule has 0 saturated heterocycles. The van der Waals surface area contributed by atoms with Gasteiger partial charge < -0.3 is 9.47 Å². The number of aryl methyl sites for hydroxylation is 1. The Kier molecular flexibility index (Phi) is 3.36. The molecule has 0 fully saturated rings. The molecule has 0 spiro atoms. The van der Waals surface area contributed by atoms with Gasteiger partial charge in [0.1, 0.15) is 12.4 Å². The first-order chi connectivity index (χ1) is 8.11. The summed E-state index contributed by atoms with van der Waals surface area (Å²) in [6.07, 6.45) is 0. The standard InChI is InChI=1S/C14H19NO2/c1-9(2)12-8-17-14(15-12)11-7-10(3)5-6-13(11)16-4/h5-7,9,12H,8H2,1-4H3/t12-/m1/s1. The fourth-order valence-electron chi connectivity index (χ4n) is 1.87.